The summed E-state index contributed by atoms with van der Waals surface area (Å²) in [6, 6.07) is 2.70. The van der Waals surface area contributed by atoms with E-state index < -0.39 is 88.9 Å². The number of nitrogens with one attached hydrogen (secondary N) is 5. The fourth-order valence-electron chi connectivity index (χ4n) is 4.60. The lowest BCUT2D eigenvalue weighted by Gasteiger charge is -2.26. The second-order valence-electron chi connectivity index (χ2n) is 10.9. The van der Waals surface area contributed by atoms with Crippen molar-refractivity contribution in [3.05, 3.63) is 70.5 Å². The molecule has 264 valence electrons. The van der Waals surface area contributed by atoms with E-state index >= 15 is 0 Å². The Bertz CT molecular complexity index is 1420. The smallest absolute Gasteiger partial charge is 0.243 e. The summed E-state index contributed by atoms with van der Waals surface area (Å²) in [6.45, 7) is 0.324. The van der Waals surface area contributed by atoms with Crippen molar-refractivity contribution in [1.82, 2.24) is 21.3 Å². The minimum Gasteiger partial charge on any atom is -0.370 e. The highest BCUT2D eigenvalue weighted by Crippen LogP contribution is 2.24. The van der Waals surface area contributed by atoms with E-state index in [-0.39, 0.29) is 44.7 Å². The van der Waals surface area contributed by atoms with Crippen LogP contribution in [0.1, 0.15) is 43.2 Å². The fourth-order valence-corrected chi connectivity index (χ4v) is 4.60. The number of amides is 4. The Kier molecular flexibility index (Phi) is 15.6. The van der Waals surface area contributed by atoms with E-state index in [0.717, 1.165) is 0 Å². The summed E-state index contributed by atoms with van der Waals surface area (Å²) < 4.78 is 71.1. The number of rotatable bonds is 19. The Morgan fingerprint density at radius 1 is 0.688 bits per heavy atom. The largest absolute Gasteiger partial charge is 0.370 e. The third-order valence-electron chi connectivity index (χ3n) is 7.20. The third-order valence-corrected chi connectivity index (χ3v) is 7.20. The van der Waals surface area contributed by atoms with Gasteiger partial charge in [-0.1, -0.05) is 30.3 Å². The number of carbonyl (C=O) groups excluding carboxylic acids is 4. The van der Waals surface area contributed by atoms with Gasteiger partial charge in [0.05, 0.1) is 6.04 Å². The summed E-state index contributed by atoms with van der Waals surface area (Å²) in [6.07, 6.45) is -0.445. The van der Waals surface area contributed by atoms with Crippen molar-refractivity contribution >= 4 is 29.6 Å². The number of hydrogen-bond acceptors (Lipinski definition) is 7. The summed E-state index contributed by atoms with van der Waals surface area (Å²) in [5.41, 5.74) is 21.5. The first-order chi connectivity index (χ1) is 22.7. The molecule has 48 heavy (non-hydrogen) atoms. The predicted octanol–water partition coefficient (Wildman–Crippen LogP) is -0.173. The molecule has 0 fully saturated rings. The Labute approximate surface area is 273 Å². The van der Waals surface area contributed by atoms with Crippen LogP contribution in [0.25, 0.3) is 0 Å². The van der Waals surface area contributed by atoms with Crippen LogP contribution < -0.4 is 44.2 Å². The van der Waals surface area contributed by atoms with Crippen molar-refractivity contribution in [2.75, 3.05) is 13.1 Å². The van der Waals surface area contributed by atoms with Gasteiger partial charge in [0, 0.05) is 18.5 Å². The Hall–Kier alpha value is -4.84. The molecule has 4 amide bonds. The van der Waals surface area contributed by atoms with Gasteiger partial charge in [0.1, 0.15) is 18.1 Å². The number of guanidine groups is 1. The van der Waals surface area contributed by atoms with E-state index in [1.54, 1.807) is 30.3 Å². The minimum atomic E-state index is -2.43. The minimum absolute atomic E-state index is 0.0113. The zero-order valence-corrected chi connectivity index (χ0v) is 25.9. The third kappa shape index (κ3) is 11.8. The lowest BCUT2D eigenvalue weighted by molar-refractivity contribution is -0.133. The normalized spacial score (nSPS) is 13.5. The van der Waals surface area contributed by atoms with Crippen molar-refractivity contribution in [3.8, 4) is 0 Å². The van der Waals surface area contributed by atoms with Crippen molar-refractivity contribution in [1.29, 1.82) is 5.41 Å². The summed E-state index contributed by atoms with van der Waals surface area (Å²) in [7, 11) is 0. The molecule has 13 N–H and O–H groups in total. The number of halogens is 5. The first-order valence-electron chi connectivity index (χ1n) is 15.0. The molecule has 0 heterocycles. The van der Waals surface area contributed by atoms with Gasteiger partial charge in [-0.25, -0.2) is 22.0 Å². The van der Waals surface area contributed by atoms with Gasteiger partial charge in [-0.3, -0.25) is 24.6 Å². The second kappa shape index (κ2) is 19.1. The highest BCUT2D eigenvalue weighted by Gasteiger charge is 2.34. The number of unbranched alkanes of at least 4 members (excludes halogenated alkanes) is 1. The number of nitrogens with two attached hydrogens (primary N) is 4. The maximum atomic E-state index is 14.7. The number of hydrogen-bond donors (Lipinski definition) is 9. The molecule has 4 atom stereocenters. The number of carbonyl (C=O) groups is 4. The van der Waals surface area contributed by atoms with Crippen molar-refractivity contribution in [2.24, 2.45) is 22.9 Å². The van der Waals surface area contributed by atoms with Gasteiger partial charge in [-0.15, -0.1) is 0 Å². The van der Waals surface area contributed by atoms with Crippen LogP contribution in [0.3, 0.4) is 0 Å². The zero-order chi connectivity index (χ0) is 36.0. The molecule has 2 rings (SSSR count). The molecule has 2 aromatic carbocycles. The highest BCUT2D eigenvalue weighted by atomic mass is 19.2. The van der Waals surface area contributed by atoms with Gasteiger partial charge in [0.2, 0.25) is 29.4 Å². The molecule has 2 aromatic rings. The average Bonchev–Trinajstić information content (AvgIpc) is 3.05. The molecule has 4 unspecified atom stereocenters. The number of primary amides is 1. The van der Waals surface area contributed by atoms with Gasteiger partial charge in [0.25, 0.3) is 0 Å². The molecule has 0 saturated heterocycles. The molecule has 13 nitrogen and oxygen atoms in total. The molecule has 0 saturated carbocycles. The van der Waals surface area contributed by atoms with Gasteiger partial charge < -0.3 is 44.2 Å². The monoisotopic (exact) mass is 685 g/mol. The molecule has 0 aliphatic heterocycles. The Morgan fingerprint density at radius 3 is 1.77 bits per heavy atom. The van der Waals surface area contributed by atoms with E-state index in [9.17, 15) is 41.1 Å². The topological polar surface area (TPSA) is 244 Å². The van der Waals surface area contributed by atoms with Crippen LogP contribution in [0.15, 0.2) is 30.3 Å². The van der Waals surface area contributed by atoms with Crippen molar-refractivity contribution in [3.63, 3.8) is 0 Å². The van der Waals surface area contributed by atoms with E-state index in [0.29, 0.717) is 18.4 Å². The summed E-state index contributed by atoms with van der Waals surface area (Å²) >= 11 is 0. The summed E-state index contributed by atoms with van der Waals surface area (Å²) in [4.78, 5) is 51.9. The van der Waals surface area contributed by atoms with E-state index in [4.69, 9.17) is 28.3 Å². The fraction of sp³-hybridized carbons (Fsp3) is 0.433. The maximum Gasteiger partial charge on any atom is 0.243 e. The first kappa shape index (κ1) is 39.3. The first-order valence-corrected chi connectivity index (χ1v) is 15.0. The molecular formula is C30H40F5N9O4. The quantitative estimate of drug-likeness (QED) is 0.0239. The van der Waals surface area contributed by atoms with E-state index in [2.05, 4.69) is 21.3 Å². The maximum absolute atomic E-state index is 14.7. The lowest BCUT2D eigenvalue weighted by atomic mass is 10.0. The predicted molar refractivity (Wildman–Crippen MR) is 165 cm³/mol. The SMILES string of the molecule is N=C(N)NCCCC(NC(=O)C(N)Cc1ccccc1)C(=O)NC(Cc1c(F)c(F)c(F)c(F)c1F)C(=O)NC(CCCCN)C(N)=O. The lowest BCUT2D eigenvalue weighted by Crippen LogP contribution is -2.58. The molecule has 0 bridgehead atoms. The van der Waals surface area contributed by atoms with Crippen LogP contribution in [-0.2, 0) is 32.0 Å². The summed E-state index contributed by atoms with van der Waals surface area (Å²) in [5, 5.41) is 16.7. The van der Waals surface area contributed by atoms with E-state index in [1.807, 2.05) is 0 Å². The molecule has 0 aromatic heterocycles. The Morgan fingerprint density at radius 2 is 1.21 bits per heavy atom. The number of benzene rings is 2. The van der Waals surface area contributed by atoms with Gasteiger partial charge in [0.15, 0.2) is 29.2 Å². The van der Waals surface area contributed by atoms with Crippen LogP contribution in [0.5, 0.6) is 0 Å². The van der Waals surface area contributed by atoms with Crippen molar-refractivity contribution < 1.29 is 41.1 Å². The highest BCUT2D eigenvalue weighted by molar-refractivity contribution is 5.94. The second-order valence-corrected chi connectivity index (χ2v) is 10.9. The van der Waals surface area contributed by atoms with Crippen LogP contribution in [0, 0.1) is 34.5 Å². The molecule has 0 radical (unpaired) electrons. The molecule has 18 heteroatoms. The van der Waals surface area contributed by atoms with Crippen LogP contribution in [-0.4, -0.2) is 66.8 Å². The Balaban J connectivity index is 2.41. The molecular weight excluding hydrogens is 645 g/mol. The van der Waals surface area contributed by atoms with E-state index in [1.165, 1.54) is 0 Å². The van der Waals surface area contributed by atoms with Gasteiger partial charge >= 0.3 is 0 Å². The average molecular weight is 686 g/mol. The molecule has 0 spiro atoms. The molecule has 0 aliphatic rings. The van der Waals surface area contributed by atoms with Crippen LogP contribution >= 0.6 is 0 Å². The molecule has 0 aliphatic carbocycles. The van der Waals surface area contributed by atoms with Crippen molar-refractivity contribution in [2.45, 2.75) is 69.1 Å². The van der Waals surface area contributed by atoms with Gasteiger partial charge in [-0.05, 0) is 50.6 Å². The standard InChI is InChI=1S/C30H40F5N9O4/c31-21-16(22(32)24(34)25(35)23(21)33)14-20(29(48)42-18(26(38)45)9-4-5-11-36)44-28(47)19(10-6-12-41-30(39)40)43-27(46)17(37)13-15-7-2-1-3-8-15/h1-3,7-8,17-20H,4-6,9-14,36-37H2,(H2,38,45)(H,42,48)(H,43,46)(H,44,47)(H4,39,40,41). The van der Waals surface area contributed by atoms with Crippen LogP contribution in [0.2, 0.25) is 0 Å². The summed E-state index contributed by atoms with van der Waals surface area (Å²) in [5.74, 6) is -16.0. The zero-order valence-electron chi connectivity index (χ0n) is 25.9. The van der Waals surface area contributed by atoms with Crippen LogP contribution in [0.4, 0.5) is 22.0 Å². The van der Waals surface area contributed by atoms with Gasteiger partial charge in [-0.2, -0.15) is 0 Å².